The number of hydrogen-bond acceptors (Lipinski definition) is 2. The molecule has 0 radical (unpaired) electrons. The summed E-state index contributed by atoms with van der Waals surface area (Å²) in [5.74, 6) is 0. The number of anilines is 1. The van der Waals surface area contributed by atoms with E-state index in [0.717, 1.165) is 5.69 Å². The number of rotatable bonds is 1. The first-order chi connectivity index (χ1) is 5.66. The molecule has 0 saturated heterocycles. The second kappa shape index (κ2) is 13.4. The topological polar surface area (TPSA) is 69.6 Å². The van der Waals surface area contributed by atoms with Crippen molar-refractivity contribution in [3.05, 3.63) is 30.3 Å². The molecule has 0 unspecified atom stereocenters. The molecule has 0 spiro atoms. The average Bonchev–Trinajstić information content (AvgIpc) is 2.05. The number of nitrogens with one attached hydrogen (secondary N) is 1. The third-order valence-corrected chi connectivity index (χ3v) is 1.06. The number of benzene rings is 1. The van der Waals surface area contributed by atoms with Gasteiger partial charge in [-0.1, -0.05) is 18.2 Å². The molecule has 78 valence electrons. The van der Waals surface area contributed by atoms with Gasteiger partial charge in [-0.25, -0.2) is 0 Å². The first-order valence-corrected chi connectivity index (χ1v) is 4.26. The van der Waals surface area contributed by atoms with Crippen molar-refractivity contribution in [1.82, 2.24) is 0 Å². The Hall–Kier alpha value is 0.380. The summed E-state index contributed by atoms with van der Waals surface area (Å²) < 4.78 is 22.8. The first kappa shape index (κ1) is 19.9. The van der Waals surface area contributed by atoms with Crippen LogP contribution in [0.15, 0.2) is 30.3 Å². The van der Waals surface area contributed by atoms with Crippen molar-refractivity contribution >= 4 is 59.0 Å². The molecule has 1 aromatic carbocycles. The normalized spacial score (nSPS) is 7.43. The summed E-state index contributed by atoms with van der Waals surface area (Å²) in [5.41, 5.74) is 1.16. The van der Waals surface area contributed by atoms with E-state index in [-0.39, 0.29) is 42.0 Å². The molecule has 1 aromatic rings. The van der Waals surface area contributed by atoms with Gasteiger partial charge in [-0.05, 0) is 12.1 Å². The van der Waals surface area contributed by atoms with Crippen molar-refractivity contribution in [1.29, 1.82) is 0 Å². The Balaban J connectivity index is -0.000000180. The number of para-hydroxylation sites is 1. The summed E-state index contributed by atoms with van der Waals surface area (Å²) >= 11 is -2.61. The Kier molecular flexibility index (Phi) is 19.0. The molecule has 0 aliphatic heterocycles. The van der Waals surface area contributed by atoms with E-state index in [0.29, 0.717) is 0 Å². The van der Waals surface area contributed by atoms with Crippen molar-refractivity contribution in [2.75, 3.05) is 12.4 Å². The predicted molar refractivity (Wildman–Crippen MR) is 63.8 cm³/mol. The molecule has 0 aliphatic rings. The van der Waals surface area contributed by atoms with Gasteiger partial charge in [-0.3, -0.25) is 9.11 Å². The quantitative estimate of drug-likeness (QED) is 0.516. The van der Waals surface area contributed by atoms with Gasteiger partial charge in [0.2, 0.25) is 0 Å². The fraction of sp³-hybridized carbons (Fsp3) is 0.143. The maximum atomic E-state index is 8.67. The van der Waals surface area contributed by atoms with Gasteiger partial charge in [-0.2, -0.15) is 4.21 Å². The molecule has 0 aliphatic carbocycles. The molecule has 0 saturated carbocycles. The molecule has 3 N–H and O–H groups in total. The summed E-state index contributed by atoms with van der Waals surface area (Å²) in [7, 11) is 1.91. The molecule has 0 amide bonds. The number of halogens is 1. The second-order valence-electron chi connectivity index (χ2n) is 1.85. The van der Waals surface area contributed by atoms with Gasteiger partial charge in [0, 0.05) is 12.7 Å². The van der Waals surface area contributed by atoms with Gasteiger partial charge < -0.3 is 5.32 Å². The van der Waals surface area contributed by atoms with Crippen molar-refractivity contribution in [3.8, 4) is 0 Å². The Labute approximate surface area is 114 Å². The second-order valence-corrected chi connectivity index (χ2v) is 2.31. The van der Waals surface area contributed by atoms with Crippen LogP contribution in [0.1, 0.15) is 0 Å². The Morgan fingerprint density at radius 2 is 1.57 bits per heavy atom. The molecule has 0 aromatic heterocycles. The van der Waals surface area contributed by atoms with Crippen LogP contribution in [0, 0.1) is 0 Å². The predicted octanol–water partition coefficient (Wildman–Crippen LogP) is 1.18. The molecule has 1 rings (SSSR count). The van der Waals surface area contributed by atoms with E-state index in [1.807, 2.05) is 37.4 Å². The molecule has 0 heterocycles. The SMILES string of the molecule is CNc1ccccc1.Cl.O=S(O)O.[NaH]. The van der Waals surface area contributed by atoms with Gasteiger partial charge in [0.25, 0.3) is 11.4 Å². The van der Waals surface area contributed by atoms with Crippen LogP contribution in [0.4, 0.5) is 5.69 Å². The summed E-state index contributed by atoms with van der Waals surface area (Å²) in [5, 5.41) is 3.03. The summed E-state index contributed by atoms with van der Waals surface area (Å²) in [6, 6.07) is 10.1. The zero-order valence-corrected chi connectivity index (χ0v) is 8.64. The van der Waals surface area contributed by atoms with Gasteiger partial charge in [0.15, 0.2) is 0 Å². The molecule has 0 fully saturated rings. The van der Waals surface area contributed by atoms with Crippen LogP contribution in [0.25, 0.3) is 0 Å². The molecular formula is C7H13ClNNaO3S. The van der Waals surface area contributed by atoms with E-state index in [9.17, 15) is 0 Å². The van der Waals surface area contributed by atoms with Crippen molar-refractivity contribution in [3.63, 3.8) is 0 Å². The molecule has 4 nitrogen and oxygen atoms in total. The third kappa shape index (κ3) is 14.9. The van der Waals surface area contributed by atoms with E-state index < -0.39 is 11.4 Å². The fourth-order valence-corrected chi connectivity index (χ4v) is 0.605. The van der Waals surface area contributed by atoms with Crippen molar-refractivity contribution in [2.24, 2.45) is 0 Å². The third-order valence-electron chi connectivity index (χ3n) is 1.06. The van der Waals surface area contributed by atoms with E-state index in [4.69, 9.17) is 13.3 Å². The van der Waals surface area contributed by atoms with Crippen LogP contribution in [0.2, 0.25) is 0 Å². The number of hydrogen-bond donors (Lipinski definition) is 3. The van der Waals surface area contributed by atoms with Crippen LogP contribution in [-0.4, -0.2) is 49.9 Å². The van der Waals surface area contributed by atoms with E-state index in [1.165, 1.54) is 0 Å². The van der Waals surface area contributed by atoms with Crippen LogP contribution in [0.5, 0.6) is 0 Å². The molecule has 7 heteroatoms. The van der Waals surface area contributed by atoms with Crippen molar-refractivity contribution in [2.45, 2.75) is 0 Å². The fourth-order valence-electron chi connectivity index (χ4n) is 0.605. The van der Waals surface area contributed by atoms with Crippen LogP contribution in [0.3, 0.4) is 0 Å². The molecule has 14 heavy (non-hydrogen) atoms. The standard InChI is InChI=1S/C7H9N.ClH.Na.H2O3S.H/c1-8-7-5-3-2-4-6-7;;;1-4(2)3;/h2-6,8H,1H3;1H;;(H2,1,2,3);. The summed E-state index contributed by atoms with van der Waals surface area (Å²) in [6.07, 6.45) is 0. The van der Waals surface area contributed by atoms with Gasteiger partial charge in [0.05, 0.1) is 0 Å². The van der Waals surface area contributed by atoms with Crippen LogP contribution >= 0.6 is 12.4 Å². The summed E-state index contributed by atoms with van der Waals surface area (Å²) in [6.45, 7) is 0. The average molecular weight is 250 g/mol. The molecule has 0 bridgehead atoms. The van der Waals surface area contributed by atoms with Crippen LogP contribution in [-0.2, 0) is 11.4 Å². The zero-order valence-electron chi connectivity index (χ0n) is 7.01. The van der Waals surface area contributed by atoms with E-state index >= 15 is 0 Å². The summed E-state index contributed by atoms with van der Waals surface area (Å²) in [4.78, 5) is 0. The Morgan fingerprint density at radius 1 is 1.21 bits per heavy atom. The molecular weight excluding hydrogens is 237 g/mol. The van der Waals surface area contributed by atoms with Gasteiger partial charge in [0.1, 0.15) is 0 Å². The monoisotopic (exact) mass is 249 g/mol. The Bertz CT molecular complexity index is 234. The first-order valence-electron chi connectivity index (χ1n) is 3.19. The zero-order chi connectivity index (χ0) is 9.40. The molecule has 0 atom stereocenters. The van der Waals surface area contributed by atoms with Crippen molar-refractivity contribution < 1.29 is 13.3 Å². The minimum atomic E-state index is -2.61. The van der Waals surface area contributed by atoms with E-state index in [2.05, 4.69) is 5.32 Å². The van der Waals surface area contributed by atoms with Gasteiger partial charge in [-0.15, -0.1) is 12.4 Å². The maximum absolute atomic E-state index is 8.67. The van der Waals surface area contributed by atoms with Crippen LogP contribution < -0.4 is 5.32 Å². The minimum absolute atomic E-state index is 0. The van der Waals surface area contributed by atoms with Gasteiger partial charge >= 0.3 is 29.6 Å². The van der Waals surface area contributed by atoms with E-state index in [1.54, 1.807) is 0 Å². The Morgan fingerprint density at radius 3 is 1.79 bits per heavy atom.